The fraction of sp³-hybridized carbons (Fsp3) is 0.364. The summed E-state index contributed by atoms with van der Waals surface area (Å²) < 4.78 is 7.68. The summed E-state index contributed by atoms with van der Waals surface area (Å²) in [5.41, 5.74) is 1.16. The largest absolute Gasteiger partial charge is 0.420 e. The maximum atomic E-state index is 11.7. The molecule has 0 aliphatic heterocycles. The van der Waals surface area contributed by atoms with Gasteiger partial charge in [-0.15, -0.1) is 0 Å². The van der Waals surface area contributed by atoms with Gasteiger partial charge in [0.05, 0.1) is 9.99 Å². The molecule has 0 fully saturated rings. The first-order valence-corrected chi connectivity index (χ1v) is 5.51. The second-order valence-electron chi connectivity index (χ2n) is 4.46. The van der Waals surface area contributed by atoms with E-state index in [-0.39, 0.29) is 11.3 Å². The molecule has 0 aliphatic rings. The van der Waals surface area contributed by atoms with Crippen LogP contribution in [-0.4, -0.2) is 4.57 Å². The molecule has 0 atom stereocenters. The van der Waals surface area contributed by atoms with Gasteiger partial charge in [0.1, 0.15) is 0 Å². The van der Waals surface area contributed by atoms with Gasteiger partial charge in [0.2, 0.25) is 0 Å². The number of benzene rings is 1. The summed E-state index contributed by atoms with van der Waals surface area (Å²) in [6, 6.07) is 5.64. The number of halogens is 1. The average molecular weight is 270 g/mol. The van der Waals surface area contributed by atoms with Crippen LogP contribution in [0.5, 0.6) is 0 Å². The van der Waals surface area contributed by atoms with Gasteiger partial charge in [-0.1, -0.05) is 6.07 Å². The first kappa shape index (κ1) is 10.5. The Labute approximate surface area is 95.8 Å². The molecular formula is C11H12BrNO2. The molecule has 0 aliphatic carbocycles. The van der Waals surface area contributed by atoms with Crippen molar-refractivity contribution in [3.63, 3.8) is 0 Å². The highest BCUT2D eigenvalue weighted by Crippen LogP contribution is 2.26. The van der Waals surface area contributed by atoms with Gasteiger partial charge in [0.15, 0.2) is 5.58 Å². The third kappa shape index (κ3) is 1.63. The van der Waals surface area contributed by atoms with Crippen LogP contribution in [0.15, 0.2) is 31.9 Å². The van der Waals surface area contributed by atoms with Crippen LogP contribution < -0.4 is 5.76 Å². The lowest BCUT2D eigenvalue weighted by molar-refractivity contribution is 0.362. The summed E-state index contributed by atoms with van der Waals surface area (Å²) in [5.74, 6) is -0.315. The Morgan fingerprint density at radius 1 is 1.33 bits per heavy atom. The van der Waals surface area contributed by atoms with Crippen molar-refractivity contribution in [2.45, 2.75) is 26.3 Å². The van der Waals surface area contributed by atoms with Crippen LogP contribution in [0.2, 0.25) is 0 Å². The number of fused-ring (bicyclic) bond motifs is 1. The molecule has 80 valence electrons. The van der Waals surface area contributed by atoms with E-state index < -0.39 is 0 Å². The van der Waals surface area contributed by atoms with E-state index in [0.717, 1.165) is 9.99 Å². The molecule has 1 heterocycles. The molecule has 15 heavy (non-hydrogen) atoms. The molecule has 1 aromatic carbocycles. The fourth-order valence-electron chi connectivity index (χ4n) is 1.64. The number of nitrogens with zero attached hydrogens (tertiary/aromatic N) is 1. The summed E-state index contributed by atoms with van der Waals surface area (Å²) in [6.07, 6.45) is 0. The van der Waals surface area contributed by atoms with Crippen molar-refractivity contribution in [3.05, 3.63) is 33.2 Å². The first-order valence-electron chi connectivity index (χ1n) is 4.72. The van der Waals surface area contributed by atoms with Gasteiger partial charge in [0.25, 0.3) is 0 Å². The maximum absolute atomic E-state index is 11.7. The second kappa shape index (κ2) is 3.23. The van der Waals surface area contributed by atoms with Crippen molar-refractivity contribution in [1.29, 1.82) is 0 Å². The third-order valence-electron chi connectivity index (χ3n) is 2.23. The van der Waals surface area contributed by atoms with Gasteiger partial charge in [-0.05, 0) is 48.8 Å². The molecule has 0 saturated heterocycles. The molecular weight excluding hydrogens is 258 g/mol. The molecule has 0 amide bonds. The van der Waals surface area contributed by atoms with Crippen molar-refractivity contribution >= 4 is 27.0 Å². The van der Waals surface area contributed by atoms with E-state index >= 15 is 0 Å². The van der Waals surface area contributed by atoms with Gasteiger partial charge >= 0.3 is 5.76 Å². The summed E-state index contributed by atoms with van der Waals surface area (Å²) >= 11 is 3.37. The summed E-state index contributed by atoms with van der Waals surface area (Å²) in [7, 11) is 0. The lowest BCUT2D eigenvalue weighted by Gasteiger charge is -2.19. The van der Waals surface area contributed by atoms with Crippen LogP contribution in [0.25, 0.3) is 11.1 Å². The van der Waals surface area contributed by atoms with Crippen molar-refractivity contribution < 1.29 is 4.42 Å². The predicted octanol–water partition coefficient (Wildman–Crippen LogP) is 3.11. The number of hydrogen-bond donors (Lipinski definition) is 0. The zero-order valence-corrected chi connectivity index (χ0v) is 10.5. The van der Waals surface area contributed by atoms with Crippen LogP contribution in [0.3, 0.4) is 0 Å². The first-order chi connectivity index (χ1) is 6.91. The van der Waals surface area contributed by atoms with Gasteiger partial charge in [-0.3, -0.25) is 4.57 Å². The minimum absolute atomic E-state index is 0.275. The van der Waals surface area contributed by atoms with E-state index in [1.54, 1.807) is 4.57 Å². The predicted molar refractivity (Wildman–Crippen MR) is 63.2 cm³/mol. The molecule has 4 heteroatoms. The molecule has 3 nitrogen and oxygen atoms in total. The number of oxazole rings is 1. The van der Waals surface area contributed by atoms with Crippen LogP contribution in [0.1, 0.15) is 20.8 Å². The summed E-state index contributed by atoms with van der Waals surface area (Å²) in [4.78, 5) is 11.7. The molecule has 0 saturated carbocycles. The van der Waals surface area contributed by atoms with Crippen LogP contribution in [0.4, 0.5) is 0 Å². The number of para-hydroxylation sites is 1. The summed E-state index contributed by atoms with van der Waals surface area (Å²) in [5, 5.41) is 0. The van der Waals surface area contributed by atoms with E-state index in [0.29, 0.717) is 5.58 Å². The van der Waals surface area contributed by atoms with Gasteiger partial charge in [0, 0.05) is 5.54 Å². The highest BCUT2D eigenvalue weighted by Gasteiger charge is 2.21. The molecule has 0 bridgehead atoms. The van der Waals surface area contributed by atoms with Gasteiger partial charge in [-0.2, -0.15) is 0 Å². The monoisotopic (exact) mass is 269 g/mol. The fourth-order valence-corrected chi connectivity index (χ4v) is 2.08. The molecule has 1 aromatic heterocycles. The SMILES string of the molecule is CC(C)(C)n1c(=O)oc2c(Br)cccc21. The van der Waals surface area contributed by atoms with Crippen LogP contribution in [0, 0.1) is 0 Å². The molecule has 0 N–H and O–H groups in total. The Kier molecular flexibility index (Phi) is 2.26. The Hall–Kier alpha value is -1.03. The molecule has 2 aromatic rings. The van der Waals surface area contributed by atoms with Crippen molar-refractivity contribution in [3.8, 4) is 0 Å². The lowest BCUT2D eigenvalue weighted by Crippen LogP contribution is -2.30. The van der Waals surface area contributed by atoms with E-state index in [2.05, 4.69) is 15.9 Å². The van der Waals surface area contributed by atoms with E-state index in [1.807, 2.05) is 39.0 Å². The second-order valence-corrected chi connectivity index (χ2v) is 5.32. The number of aromatic nitrogens is 1. The maximum Gasteiger partial charge on any atom is 0.420 e. The molecule has 0 unspecified atom stereocenters. The Balaban J connectivity index is 2.92. The zero-order chi connectivity index (χ0) is 11.2. The van der Waals surface area contributed by atoms with Crippen molar-refractivity contribution in [2.24, 2.45) is 0 Å². The highest BCUT2D eigenvalue weighted by atomic mass is 79.9. The normalized spacial score (nSPS) is 12.3. The van der Waals surface area contributed by atoms with E-state index in [9.17, 15) is 4.79 Å². The average Bonchev–Trinajstić information content (AvgIpc) is 2.41. The van der Waals surface area contributed by atoms with Crippen molar-refractivity contribution in [1.82, 2.24) is 4.57 Å². The number of hydrogen-bond acceptors (Lipinski definition) is 2. The summed E-state index contributed by atoms with van der Waals surface area (Å²) in [6.45, 7) is 5.93. The minimum Gasteiger partial charge on any atom is -0.406 e. The standard InChI is InChI=1S/C11H12BrNO2/c1-11(2,3)13-8-6-4-5-7(12)9(8)15-10(13)14/h4-6H,1-3H3. The lowest BCUT2D eigenvalue weighted by atomic mass is 10.1. The number of rotatable bonds is 0. The van der Waals surface area contributed by atoms with Gasteiger partial charge < -0.3 is 4.42 Å². The Bertz CT molecular complexity index is 560. The smallest absolute Gasteiger partial charge is 0.406 e. The molecule has 0 radical (unpaired) electrons. The third-order valence-corrected chi connectivity index (χ3v) is 2.85. The van der Waals surface area contributed by atoms with Crippen LogP contribution >= 0.6 is 15.9 Å². The van der Waals surface area contributed by atoms with Crippen molar-refractivity contribution in [2.75, 3.05) is 0 Å². The Morgan fingerprint density at radius 3 is 2.60 bits per heavy atom. The van der Waals surface area contributed by atoms with E-state index in [4.69, 9.17) is 4.42 Å². The Morgan fingerprint density at radius 2 is 2.00 bits per heavy atom. The topological polar surface area (TPSA) is 35.1 Å². The quantitative estimate of drug-likeness (QED) is 0.737. The minimum atomic E-state index is -0.315. The van der Waals surface area contributed by atoms with Crippen LogP contribution in [-0.2, 0) is 5.54 Å². The van der Waals surface area contributed by atoms with Gasteiger partial charge in [-0.25, -0.2) is 4.79 Å². The zero-order valence-electron chi connectivity index (χ0n) is 8.87. The highest BCUT2D eigenvalue weighted by molar-refractivity contribution is 9.10. The molecule has 2 rings (SSSR count). The molecule has 0 spiro atoms. The van der Waals surface area contributed by atoms with E-state index in [1.165, 1.54) is 0 Å².